The lowest BCUT2D eigenvalue weighted by Gasteiger charge is -2.09. The first-order valence-electron chi connectivity index (χ1n) is 5.39. The Morgan fingerprint density at radius 3 is 2.55 bits per heavy atom. The highest BCUT2D eigenvalue weighted by Gasteiger charge is 2.17. The van der Waals surface area contributed by atoms with Crippen molar-refractivity contribution in [3.8, 4) is 0 Å². The summed E-state index contributed by atoms with van der Waals surface area (Å²) in [4.78, 5) is 12.0. The van der Waals surface area contributed by atoms with Gasteiger partial charge in [-0.05, 0) is 46.3 Å². The maximum atomic E-state index is 13.7. The van der Waals surface area contributed by atoms with Gasteiger partial charge < -0.3 is 11.1 Å². The molecule has 0 heterocycles. The third-order valence-electron chi connectivity index (χ3n) is 2.49. The van der Waals surface area contributed by atoms with Gasteiger partial charge in [0.15, 0.2) is 5.82 Å². The summed E-state index contributed by atoms with van der Waals surface area (Å²) >= 11 is 6.50. The van der Waals surface area contributed by atoms with Crippen LogP contribution in [0.5, 0.6) is 0 Å². The lowest BCUT2D eigenvalue weighted by atomic mass is 10.1. The van der Waals surface area contributed by atoms with Gasteiger partial charge in [-0.1, -0.05) is 15.9 Å². The minimum atomic E-state index is -0.949. The largest absolute Gasteiger partial charge is 0.396 e. The van der Waals surface area contributed by atoms with Crippen molar-refractivity contribution >= 4 is 49.1 Å². The highest BCUT2D eigenvalue weighted by atomic mass is 79.9. The first-order valence-corrected chi connectivity index (χ1v) is 6.98. The van der Waals surface area contributed by atoms with Gasteiger partial charge in [0.2, 0.25) is 0 Å². The smallest absolute Gasteiger partial charge is 0.258 e. The van der Waals surface area contributed by atoms with E-state index >= 15 is 0 Å². The fraction of sp³-hybridized carbons (Fsp3) is 0. The van der Waals surface area contributed by atoms with Crippen molar-refractivity contribution in [2.75, 3.05) is 11.1 Å². The summed E-state index contributed by atoms with van der Waals surface area (Å²) in [6.45, 7) is 0. The number of rotatable bonds is 2. The van der Waals surface area contributed by atoms with Gasteiger partial charge in [-0.25, -0.2) is 8.78 Å². The SMILES string of the molecule is Nc1cc(F)cc(C(=O)Nc2cc(Br)ccc2Br)c1F. The topological polar surface area (TPSA) is 55.1 Å². The molecule has 2 aromatic rings. The number of carbonyl (C=O) groups excluding carboxylic acids is 1. The Balaban J connectivity index is 2.35. The zero-order valence-corrected chi connectivity index (χ0v) is 13.1. The Morgan fingerprint density at radius 2 is 1.85 bits per heavy atom. The van der Waals surface area contributed by atoms with Crippen LogP contribution in [0, 0.1) is 11.6 Å². The summed E-state index contributed by atoms with van der Waals surface area (Å²) in [5, 5.41) is 2.48. The molecule has 0 radical (unpaired) electrons. The maximum absolute atomic E-state index is 13.7. The second-order valence-electron chi connectivity index (χ2n) is 3.93. The van der Waals surface area contributed by atoms with Gasteiger partial charge in [0.25, 0.3) is 5.91 Å². The molecule has 20 heavy (non-hydrogen) atoms. The molecule has 3 nitrogen and oxygen atoms in total. The molecule has 2 rings (SSSR count). The van der Waals surface area contributed by atoms with Crippen molar-refractivity contribution in [1.29, 1.82) is 0 Å². The van der Waals surface area contributed by atoms with E-state index < -0.39 is 28.8 Å². The Bertz CT molecular complexity index is 692. The van der Waals surface area contributed by atoms with Gasteiger partial charge in [-0.3, -0.25) is 4.79 Å². The van der Waals surface area contributed by atoms with E-state index in [1.165, 1.54) is 0 Å². The van der Waals surface area contributed by atoms with Crippen LogP contribution < -0.4 is 11.1 Å². The van der Waals surface area contributed by atoms with Crippen molar-refractivity contribution in [1.82, 2.24) is 0 Å². The van der Waals surface area contributed by atoms with Crippen molar-refractivity contribution in [3.63, 3.8) is 0 Å². The molecule has 0 aliphatic heterocycles. The lowest BCUT2D eigenvalue weighted by Crippen LogP contribution is -2.15. The predicted molar refractivity (Wildman–Crippen MR) is 80.6 cm³/mol. The van der Waals surface area contributed by atoms with E-state index in [0.717, 1.165) is 16.6 Å². The number of benzene rings is 2. The van der Waals surface area contributed by atoms with Gasteiger partial charge in [-0.2, -0.15) is 0 Å². The van der Waals surface area contributed by atoms with E-state index in [2.05, 4.69) is 37.2 Å². The number of carbonyl (C=O) groups is 1. The molecule has 0 saturated heterocycles. The maximum Gasteiger partial charge on any atom is 0.258 e. The number of hydrogen-bond acceptors (Lipinski definition) is 2. The molecule has 3 N–H and O–H groups in total. The number of nitrogen functional groups attached to an aromatic ring is 1. The van der Waals surface area contributed by atoms with Crippen LogP contribution in [0.1, 0.15) is 10.4 Å². The molecule has 104 valence electrons. The molecule has 0 unspecified atom stereocenters. The first kappa shape index (κ1) is 14.9. The number of anilines is 2. The van der Waals surface area contributed by atoms with Crippen LogP contribution in [0.4, 0.5) is 20.2 Å². The van der Waals surface area contributed by atoms with Crippen LogP contribution in [-0.4, -0.2) is 5.91 Å². The summed E-state index contributed by atoms with van der Waals surface area (Å²) in [6, 6.07) is 6.72. The summed E-state index contributed by atoms with van der Waals surface area (Å²) in [7, 11) is 0. The van der Waals surface area contributed by atoms with E-state index in [9.17, 15) is 13.6 Å². The van der Waals surface area contributed by atoms with Crippen LogP contribution in [0.15, 0.2) is 39.3 Å². The summed E-state index contributed by atoms with van der Waals surface area (Å²) < 4.78 is 28.3. The van der Waals surface area contributed by atoms with Crippen LogP contribution in [0.2, 0.25) is 0 Å². The van der Waals surface area contributed by atoms with E-state index in [1.807, 2.05) is 0 Å². The van der Waals surface area contributed by atoms with Crippen molar-refractivity contribution in [3.05, 3.63) is 56.5 Å². The van der Waals surface area contributed by atoms with Gasteiger partial charge >= 0.3 is 0 Å². The van der Waals surface area contributed by atoms with E-state index in [0.29, 0.717) is 10.2 Å². The van der Waals surface area contributed by atoms with Crippen molar-refractivity contribution in [2.45, 2.75) is 0 Å². The number of nitrogens with two attached hydrogens (primary N) is 1. The Labute approximate surface area is 130 Å². The predicted octanol–water partition coefficient (Wildman–Crippen LogP) is 4.32. The van der Waals surface area contributed by atoms with Crippen LogP contribution >= 0.6 is 31.9 Å². The number of hydrogen-bond donors (Lipinski definition) is 2. The third-order valence-corrected chi connectivity index (χ3v) is 3.67. The molecule has 0 atom stereocenters. The van der Waals surface area contributed by atoms with Crippen molar-refractivity contribution in [2.24, 2.45) is 0 Å². The molecule has 2 aromatic carbocycles. The standard InChI is InChI=1S/C13H8Br2F2N2O/c14-6-1-2-9(15)11(3-6)19-13(20)8-4-7(16)5-10(18)12(8)17/h1-5H,18H2,(H,19,20). The lowest BCUT2D eigenvalue weighted by molar-refractivity contribution is 0.102. The number of halogens is 4. The molecule has 7 heteroatoms. The Morgan fingerprint density at radius 1 is 1.15 bits per heavy atom. The Kier molecular flexibility index (Phi) is 4.39. The molecular formula is C13H8Br2F2N2O. The monoisotopic (exact) mass is 404 g/mol. The summed E-state index contributed by atoms with van der Waals surface area (Å²) in [6.07, 6.45) is 0. The summed E-state index contributed by atoms with van der Waals surface area (Å²) in [5.41, 5.74) is 4.85. The highest BCUT2D eigenvalue weighted by molar-refractivity contribution is 9.11. The fourth-order valence-corrected chi connectivity index (χ4v) is 2.27. The van der Waals surface area contributed by atoms with Crippen molar-refractivity contribution < 1.29 is 13.6 Å². The molecule has 0 bridgehead atoms. The van der Waals surface area contributed by atoms with Gasteiger partial charge in [0, 0.05) is 8.95 Å². The van der Waals surface area contributed by atoms with Crippen LogP contribution in [-0.2, 0) is 0 Å². The molecule has 0 fully saturated rings. The fourth-order valence-electron chi connectivity index (χ4n) is 1.56. The quantitative estimate of drug-likeness (QED) is 0.731. The van der Waals surface area contributed by atoms with E-state index in [-0.39, 0.29) is 0 Å². The van der Waals surface area contributed by atoms with Crippen LogP contribution in [0.25, 0.3) is 0 Å². The third kappa shape index (κ3) is 3.16. The second kappa shape index (κ2) is 5.88. The molecule has 0 aliphatic rings. The minimum Gasteiger partial charge on any atom is -0.396 e. The van der Waals surface area contributed by atoms with Gasteiger partial charge in [-0.15, -0.1) is 0 Å². The average molecular weight is 406 g/mol. The average Bonchev–Trinajstić information content (AvgIpc) is 2.38. The second-order valence-corrected chi connectivity index (χ2v) is 5.70. The van der Waals surface area contributed by atoms with Gasteiger partial charge in [0.05, 0.1) is 16.9 Å². The molecular weight excluding hydrogens is 398 g/mol. The summed E-state index contributed by atoms with van der Waals surface area (Å²) in [5.74, 6) is -2.51. The van der Waals surface area contributed by atoms with Gasteiger partial charge in [0.1, 0.15) is 5.82 Å². The van der Waals surface area contributed by atoms with E-state index in [1.54, 1.807) is 18.2 Å². The highest BCUT2D eigenvalue weighted by Crippen LogP contribution is 2.27. The normalized spacial score (nSPS) is 10.4. The molecule has 0 aromatic heterocycles. The zero-order valence-electron chi connectivity index (χ0n) is 9.88. The molecule has 1 amide bonds. The zero-order chi connectivity index (χ0) is 14.9. The number of amides is 1. The minimum absolute atomic E-state index is 0.413. The molecule has 0 spiro atoms. The first-order chi connectivity index (χ1) is 9.38. The van der Waals surface area contributed by atoms with E-state index in [4.69, 9.17) is 5.73 Å². The number of nitrogens with one attached hydrogen (secondary N) is 1. The Hall–Kier alpha value is -1.47. The molecule has 0 aliphatic carbocycles. The molecule has 0 saturated carbocycles. The van der Waals surface area contributed by atoms with Crippen LogP contribution in [0.3, 0.4) is 0 Å².